The molecule has 2 heterocycles. The standard InChI is InChI=1S/C24H21N5O2S/c30-23(25-18-12-6-2-7-13-18)22-21(17-10-4-1-5-11-17)28-29-20(26-27-24(29)32-22)16-31-19-14-8-3-9-15-19/h1-15,21-22,28H,16H2,(H,25,30)/t21-,22+/m0/s1. The molecule has 2 N–H and O–H groups in total. The van der Waals surface area contributed by atoms with Crippen LogP contribution < -0.4 is 15.5 Å². The number of thioether (sulfide) groups is 1. The minimum Gasteiger partial charge on any atom is -0.486 e. The molecule has 32 heavy (non-hydrogen) atoms. The van der Waals surface area contributed by atoms with Crippen molar-refractivity contribution in [3.63, 3.8) is 0 Å². The Morgan fingerprint density at radius 3 is 2.31 bits per heavy atom. The zero-order valence-electron chi connectivity index (χ0n) is 17.1. The molecule has 0 saturated carbocycles. The summed E-state index contributed by atoms with van der Waals surface area (Å²) >= 11 is 1.39. The smallest absolute Gasteiger partial charge is 0.240 e. The van der Waals surface area contributed by atoms with E-state index in [4.69, 9.17) is 4.74 Å². The Labute approximate surface area is 189 Å². The van der Waals surface area contributed by atoms with E-state index in [-0.39, 0.29) is 18.6 Å². The first-order valence-electron chi connectivity index (χ1n) is 10.2. The minimum absolute atomic E-state index is 0.0983. The highest BCUT2D eigenvalue weighted by Gasteiger charge is 2.37. The van der Waals surface area contributed by atoms with Gasteiger partial charge in [0.25, 0.3) is 0 Å². The molecule has 0 radical (unpaired) electrons. The monoisotopic (exact) mass is 443 g/mol. The molecule has 3 aromatic carbocycles. The van der Waals surface area contributed by atoms with Crippen LogP contribution in [-0.4, -0.2) is 26.0 Å². The summed E-state index contributed by atoms with van der Waals surface area (Å²) in [6.07, 6.45) is 0. The predicted molar refractivity (Wildman–Crippen MR) is 124 cm³/mol. The molecule has 160 valence electrons. The number of benzene rings is 3. The zero-order valence-corrected chi connectivity index (χ0v) is 17.9. The van der Waals surface area contributed by atoms with Gasteiger partial charge < -0.3 is 15.5 Å². The summed E-state index contributed by atoms with van der Waals surface area (Å²) in [5.74, 6) is 1.30. The number of nitrogens with zero attached hydrogens (tertiary/aromatic N) is 3. The first kappa shape index (κ1) is 20.1. The average molecular weight is 444 g/mol. The number of hydrogen-bond acceptors (Lipinski definition) is 6. The first-order valence-corrected chi connectivity index (χ1v) is 11.1. The van der Waals surface area contributed by atoms with Gasteiger partial charge in [0.2, 0.25) is 11.1 Å². The molecule has 1 amide bonds. The van der Waals surface area contributed by atoms with Crippen molar-refractivity contribution < 1.29 is 9.53 Å². The normalized spacial score (nSPS) is 17.1. The van der Waals surface area contributed by atoms with Crippen LogP contribution in [0.2, 0.25) is 0 Å². The zero-order chi connectivity index (χ0) is 21.8. The van der Waals surface area contributed by atoms with Crippen molar-refractivity contribution in [2.24, 2.45) is 0 Å². The second-order valence-corrected chi connectivity index (χ2v) is 8.36. The Morgan fingerprint density at radius 2 is 1.59 bits per heavy atom. The lowest BCUT2D eigenvalue weighted by atomic mass is 10.0. The Bertz CT molecular complexity index is 1190. The Kier molecular flexibility index (Phi) is 5.76. The molecule has 2 atom stereocenters. The lowest BCUT2D eigenvalue weighted by Gasteiger charge is -2.33. The van der Waals surface area contributed by atoms with Gasteiger partial charge in [-0.25, -0.2) is 4.68 Å². The number of hydrogen-bond donors (Lipinski definition) is 2. The van der Waals surface area contributed by atoms with Gasteiger partial charge in [-0.2, -0.15) is 0 Å². The maximum Gasteiger partial charge on any atom is 0.240 e. The molecule has 0 bridgehead atoms. The third-order valence-electron chi connectivity index (χ3n) is 5.07. The van der Waals surface area contributed by atoms with Crippen LogP contribution in [0.5, 0.6) is 5.75 Å². The van der Waals surface area contributed by atoms with E-state index in [0.717, 1.165) is 17.0 Å². The number of anilines is 1. The third-order valence-corrected chi connectivity index (χ3v) is 6.29. The van der Waals surface area contributed by atoms with Crippen LogP contribution in [0, 0.1) is 0 Å². The van der Waals surface area contributed by atoms with Crippen molar-refractivity contribution in [2.75, 3.05) is 10.7 Å². The molecule has 0 fully saturated rings. The van der Waals surface area contributed by atoms with Gasteiger partial charge in [-0.1, -0.05) is 78.5 Å². The summed E-state index contributed by atoms with van der Waals surface area (Å²) in [6.45, 7) is 0.257. The molecular formula is C24H21N5O2S. The Hall–Kier alpha value is -3.78. The van der Waals surface area contributed by atoms with Crippen LogP contribution in [0.1, 0.15) is 17.4 Å². The van der Waals surface area contributed by atoms with Gasteiger partial charge in [0.05, 0.1) is 6.04 Å². The highest BCUT2D eigenvalue weighted by molar-refractivity contribution is 8.00. The van der Waals surface area contributed by atoms with Gasteiger partial charge >= 0.3 is 0 Å². The lowest BCUT2D eigenvalue weighted by molar-refractivity contribution is -0.116. The molecule has 1 aromatic heterocycles. The molecule has 1 aliphatic heterocycles. The largest absolute Gasteiger partial charge is 0.486 e. The fourth-order valence-corrected chi connectivity index (χ4v) is 4.60. The number of carbonyl (C=O) groups is 1. The summed E-state index contributed by atoms with van der Waals surface area (Å²) in [5, 5.41) is 11.8. The van der Waals surface area contributed by atoms with Crippen LogP contribution in [0.25, 0.3) is 0 Å². The number of fused-ring (bicyclic) bond motifs is 1. The summed E-state index contributed by atoms with van der Waals surface area (Å²) in [4.78, 5) is 13.2. The number of nitrogens with one attached hydrogen (secondary N) is 2. The molecule has 1 aliphatic rings. The molecule has 4 aromatic rings. The van der Waals surface area contributed by atoms with Crippen molar-refractivity contribution >= 4 is 23.4 Å². The van der Waals surface area contributed by atoms with Crippen molar-refractivity contribution in [2.45, 2.75) is 23.1 Å². The number of carbonyl (C=O) groups excluding carboxylic acids is 1. The molecule has 5 rings (SSSR count). The quantitative estimate of drug-likeness (QED) is 0.464. The molecule has 8 heteroatoms. The third kappa shape index (κ3) is 4.31. The van der Waals surface area contributed by atoms with Crippen LogP contribution in [0.4, 0.5) is 5.69 Å². The van der Waals surface area contributed by atoms with Gasteiger partial charge in [0.1, 0.15) is 17.6 Å². The van der Waals surface area contributed by atoms with E-state index in [1.54, 1.807) is 0 Å². The van der Waals surface area contributed by atoms with E-state index in [9.17, 15) is 4.79 Å². The van der Waals surface area contributed by atoms with Crippen molar-refractivity contribution in [1.82, 2.24) is 14.9 Å². The molecule has 0 saturated heterocycles. The molecular weight excluding hydrogens is 422 g/mol. The van der Waals surface area contributed by atoms with Crippen LogP contribution in [0.3, 0.4) is 0 Å². The van der Waals surface area contributed by atoms with E-state index < -0.39 is 5.25 Å². The van der Waals surface area contributed by atoms with Gasteiger partial charge in [-0.3, -0.25) is 4.79 Å². The summed E-state index contributed by atoms with van der Waals surface area (Å²) in [7, 11) is 0. The second-order valence-electron chi connectivity index (χ2n) is 7.25. The van der Waals surface area contributed by atoms with Crippen molar-refractivity contribution in [3.05, 3.63) is 102 Å². The number of rotatable bonds is 6. The van der Waals surface area contributed by atoms with Crippen LogP contribution in [0.15, 0.2) is 96.2 Å². The fraction of sp³-hybridized carbons (Fsp3) is 0.125. The van der Waals surface area contributed by atoms with Gasteiger partial charge in [0.15, 0.2) is 5.82 Å². The van der Waals surface area contributed by atoms with Crippen molar-refractivity contribution in [1.29, 1.82) is 0 Å². The van der Waals surface area contributed by atoms with Gasteiger partial charge in [-0.15, -0.1) is 10.2 Å². The van der Waals surface area contributed by atoms with E-state index in [2.05, 4.69) is 20.9 Å². The lowest BCUT2D eigenvalue weighted by Crippen LogP contribution is -2.41. The van der Waals surface area contributed by atoms with E-state index in [0.29, 0.717) is 11.0 Å². The second kappa shape index (κ2) is 9.15. The Balaban J connectivity index is 1.41. The fourth-order valence-electron chi connectivity index (χ4n) is 3.50. The van der Waals surface area contributed by atoms with E-state index in [1.165, 1.54) is 11.8 Å². The topological polar surface area (TPSA) is 81.1 Å². The number of para-hydroxylation sites is 2. The van der Waals surface area contributed by atoms with Gasteiger partial charge in [0, 0.05) is 5.69 Å². The van der Waals surface area contributed by atoms with Crippen molar-refractivity contribution in [3.8, 4) is 5.75 Å². The van der Waals surface area contributed by atoms with E-state index >= 15 is 0 Å². The first-order chi connectivity index (χ1) is 15.8. The molecule has 0 aliphatic carbocycles. The summed E-state index contributed by atoms with van der Waals surface area (Å²) in [6, 6.07) is 28.7. The molecule has 0 unspecified atom stereocenters. The maximum absolute atomic E-state index is 13.2. The SMILES string of the molecule is O=C(Nc1ccccc1)[C@@H]1Sc2nnc(COc3ccccc3)n2N[C@H]1c1ccccc1. The minimum atomic E-state index is -0.433. The number of ether oxygens (including phenoxy) is 1. The van der Waals surface area contributed by atoms with Crippen LogP contribution >= 0.6 is 11.8 Å². The predicted octanol–water partition coefficient (Wildman–Crippen LogP) is 4.25. The highest BCUT2D eigenvalue weighted by Crippen LogP contribution is 2.37. The van der Waals surface area contributed by atoms with Crippen LogP contribution in [-0.2, 0) is 11.4 Å². The Morgan fingerprint density at radius 1 is 0.938 bits per heavy atom. The van der Waals surface area contributed by atoms with E-state index in [1.807, 2.05) is 95.7 Å². The average Bonchev–Trinajstić information content (AvgIpc) is 3.26. The molecule has 7 nitrogen and oxygen atoms in total. The number of amides is 1. The number of aromatic nitrogens is 3. The summed E-state index contributed by atoms with van der Waals surface area (Å²) < 4.78 is 7.68. The van der Waals surface area contributed by atoms with Gasteiger partial charge in [-0.05, 0) is 29.8 Å². The molecule has 0 spiro atoms. The highest BCUT2D eigenvalue weighted by atomic mass is 32.2. The summed E-state index contributed by atoms with van der Waals surface area (Å²) in [5.41, 5.74) is 5.21. The maximum atomic E-state index is 13.2.